The molecule has 2 aliphatic rings. The van der Waals surface area contributed by atoms with Crippen LogP contribution in [0.1, 0.15) is 46.0 Å². The monoisotopic (exact) mass is 261 g/mol. The van der Waals surface area contributed by atoms with E-state index in [9.17, 15) is 13.5 Å². The minimum Gasteiger partial charge on any atom is -0.393 e. The Morgan fingerprint density at radius 2 is 1.71 bits per heavy atom. The molecule has 1 aliphatic carbocycles. The summed E-state index contributed by atoms with van der Waals surface area (Å²) in [6.45, 7) is 3.61. The molecule has 1 unspecified atom stereocenters. The summed E-state index contributed by atoms with van der Waals surface area (Å²) in [5.41, 5.74) is 6.04. The van der Waals surface area contributed by atoms with Crippen molar-refractivity contribution in [3.8, 4) is 0 Å². The first kappa shape index (κ1) is 13.3. The fraction of sp³-hybridized carbons (Fsp3) is 1.00. The minimum absolute atomic E-state index is 0.0208. The standard InChI is InChI=1S/C12H23NO3S/c1-11(2)10(5-8-17(11,15)16)12(13)6-3-9(14)4-7-12/h9-10,14H,3-8,13H2,1-2H3. The summed E-state index contributed by atoms with van der Waals surface area (Å²) in [4.78, 5) is 0. The van der Waals surface area contributed by atoms with Gasteiger partial charge in [0.1, 0.15) is 0 Å². The van der Waals surface area contributed by atoms with Crippen LogP contribution >= 0.6 is 0 Å². The van der Waals surface area contributed by atoms with Crippen LogP contribution in [0.15, 0.2) is 0 Å². The van der Waals surface area contributed by atoms with Gasteiger partial charge in [-0.3, -0.25) is 0 Å². The molecule has 5 heteroatoms. The van der Waals surface area contributed by atoms with Gasteiger partial charge in [0.25, 0.3) is 0 Å². The van der Waals surface area contributed by atoms with Gasteiger partial charge in [0.15, 0.2) is 9.84 Å². The molecule has 3 N–H and O–H groups in total. The van der Waals surface area contributed by atoms with Gasteiger partial charge in [-0.25, -0.2) is 8.42 Å². The van der Waals surface area contributed by atoms with E-state index in [4.69, 9.17) is 5.73 Å². The van der Waals surface area contributed by atoms with Gasteiger partial charge in [-0.2, -0.15) is 0 Å². The summed E-state index contributed by atoms with van der Waals surface area (Å²) in [5.74, 6) is 0.277. The average Bonchev–Trinajstić information content (AvgIpc) is 2.43. The summed E-state index contributed by atoms with van der Waals surface area (Å²) < 4.78 is 23.4. The number of nitrogens with two attached hydrogens (primary N) is 1. The molecule has 0 bridgehead atoms. The lowest BCUT2D eigenvalue weighted by molar-refractivity contribution is 0.0676. The molecule has 0 radical (unpaired) electrons. The summed E-state index contributed by atoms with van der Waals surface area (Å²) >= 11 is 0. The molecule has 0 spiro atoms. The van der Waals surface area contributed by atoms with Crippen molar-refractivity contribution in [1.29, 1.82) is 0 Å². The van der Waals surface area contributed by atoms with Crippen LogP contribution in [0.2, 0.25) is 0 Å². The molecule has 0 aromatic heterocycles. The molecule has 0 amide bonds. The molecule has 1 saturated carbocycles. The van der Waals surface area contributed by atoms with Crippen LogP contribution in [0.3, 0.4) is 0 Å². The Hall–Kier alpha value is -0.130. The van der Waals surface area contributed by atoms with Gasteiger partial charge in [0.05, 0.1) is 16.6 Å². The molecular formula is C12H23NO3S. The highest BCUT2D eigenvalue weighted by Gasteiger charge is 2.55. The third-order valence-electron chi connectivity index (χ3n) is 4.90. The van der Waals surface area contributed by atoms with Crippen molar-refractivity contribution in [2.45, 2.75) is 62.3 Å². The van der Waals surface area contributed by atoms with Crippen molar-refractivity contribution in [2.75, 3.05) is 5.75 Å². The van der Waals surface area contributed by atoms with Crippen molar-refractivity contribution in [3.63, 3.8) is 0 Å². The highest BCUT2D eigenvalue weighted by molar-refractivity contribution is 7.93. The molecule has 2 fully saturated rings. The van der Waals surface area contributed by atoms with Crippen molar-refractivity contribution in [3.05, 3.63) is 0 Å². The van der Waals surface area contributed by atoms with Crippen molar-refractivity contribution < 1.29 is 13.5 Å². The first-order chi connectivity index (χ1) is 7.69. The van der Waals surface area contributed by atoms with Crippen LogP contribution in [0.4, 0.5) is 0 Å². The molecule has 2 rings (SSSR count). The van der Waals surface area contributed by atoms with E-state index in [1.807, 2.05) is 0 Å². The maximum absolute atomic E-state index is 12.0. The second-order valence-corrected chi connectivity index (χ2v) is 8.92. The summed E-state index contributed by atoms with van der Waals surface area (Å²) in [5, 5.41) is 9.54. The van der Waals surface area contributed by atoms with E-state index < -0.39 is 20.1 Å². The van der Waals surface area contributed by atoms with Crippen molar-refractivity contribution in [1.82, 2.24) is 0 Å². The third kappa shape index (κ3) is 2.02. The average molecular weight is 261 g/mol. The number of aliphatic hydroxyl groups excluding tert-OH is 1. The topological polar surface area (TPSA) is 80.4 Å². The SMILES string of the molecule is CC1(C)C(C2(N)CCC(O)CC2)CCS1(=O)=O. The molecule has 0 aromatic carbocycles. The van der Waals surface area contributed by atoms with Gasteiger partial charge >= 0.3 is 0 Å². The third-order valence-corrected chi connectivity index (χ3v) is 7.56. The number of hydrogen-bond acceptors (Lipinski definition) is 4. The normalized spacial score (nSPS) is 44.7. The Labute approximate surface area is 104 Å². The Bertz CT molecular complexity index is 394. The summed E-state index contributed by atoms with van der Waals surface area (Å²) in [6, 6.07) is 0. The Kier molecular flexibility index (Phi) is 3.08. The molecule has 4 nitrogen and oxygen atoms in total. The van der Waals surface area contributed by atoms with Gasteiger partial charge < -0.3 is 10.8 Å². The molecule has 0 aromatic rings. The number of aliphatic hydroxyl groups is 1. The predicted molar refractivity (Wildman–Crippen MR) is 67.4 cm³/mol. The van der Waals surface area contributed by atoms with Crippen LogP contribution in [0, 0.1) is 5.92 Å². The van der Waals surface area contributed by atoms with Crippen LogP contribution in [-0.2, 0) is 9.84 Å². The van der Waals surface area contributed by atoms with Crippen LogP contribution in [0.5, 0.6) is 0 Å². The Morgan fingerprint density at radius 3 is 2.12 bits per heavy atom. The highest BCUT2D eigenvalue weighted by atomic mass is 32.2. The van der Waals surface area contributed by atoms with E-state index >= 15 is 0 Å². The molecule has 1 atom stereocenters. The van der Waals surface area contributed by atoms with E-state index in [2.05, 4.69) is 0 Å². The van der Waals surface area contributed by atoms with Gasteiger partial charge in [-0.15, -0.1) is 0 Å². The lowest BCUT2D eigenvalue weighted by Gasteiger charge is -2.44. The molecule has 1 saturated heterocycles. The fourth-order valence-corrected chi connectivity index (χ4v) is 5.43. The predicted octanol–water partition coefficient (Wildman–Crippen LogP) is 0.832. The largest absolute Gasteiger partial charge is 0.393 e. The Morgan fingerprint density at radius 1 is 1.18 bits per heavy atom. The van der Waals surface area contributed by atoms with Crippen LogP contribution < -0.4 is 5.73 Å². The molecule has 1 aliphatic heterocycles. The zero-order valence-corrected chi connectivity index (χ0v) is 11.5. The Balaban J connectivity index is 2.24. The van der Waals surface area contributed by atoms with Crippen LogP contribution in [0.25, 0.3) is 0 Å². The second-order valence-electron chi connectivity index (χ2n) is 6.23. The molecule has 17 heavy (non-hydrogen) atoms. The van der Waals surface area contributed by atoms with Gasteiger partial charge in [-0.05, 0) is 51.9 Å². The van der Waals surface area contributed by atoms with E-state index in [-0.39, 0.29) is 17.8 Å². The number of sulfone groups is 1. The fourth-order valence-electron chi connectivity index (χ4n) is 3.57. The minimum atomic E-state index is -3.02. The van der Waals surface area contributed by atoms with E-state index in [0.29, 0.717) is 19.3 Å². The number of hydrogen-bond donors (Lipinski definition) is 2. The van der Waals surface area contributed by atoms with E-state index in [0.717, 1.165) is 12.8 Å². The summed E-state index contributed by atoms with van der Waals surface area (Å²) in [7, 11) is -3.02. The van der Waals surface area contributed by atoms with Gasteiger partial charge in [0, 0.05) is 5.54 Å². The van der Waals surface area contributed by atoms with Gasteiger partial charge in [0.2, 0.25) is 0 Å². The van der Waals surface area contributed by atoms with Crippen molar-refractivity contribution in [2.24, 2.45) is 11.7 Å². The molecular weight excluding hydrogens is 238 g/mol. The smallest absolute Gasteiger partial charge is 0.155 e. The zero-order chi connectivity index (χ0) is 12.9. The zero-order valence-electron chi connectivity index (χ0n) is 10.6. The molecule has 1 heterocycles. The van der Waals surface area contributed by atoms with E-state index in [1.54, 1.807) is 13.8 Å². The highest BCUT2D eigenvalue weighted by Crippen LogP contribution is 2.47. The maximum Gasteiger partial charge on any atom is 0.155 e. The first-order valence-corrected chi connectivity index (χ1v) is 8.03. The van der Waals surface area contributed by atoms with E-state index in [1.165, 1.54) is 0 Å². The van der Waals surface area contributed by atoms with Gasteiger partial charge in [-0.1, -0.05) is 0 Å². The lowest BCUT2D eigenvalue weighted by atomic mass is 9.67. The van der Waals surface area contributed by atoms with Crippen molar-refractivity contribution >= 4 is 9.84 Å². The first-order valence-electron chi connectivity index (χ1n) is 6.38. The molecule has 100 valence electrons. The maximum atomic E-state index is 12.0. The quantitative estimate of drug-likeness (QED) is 0.732. The summed E-state index contributed by atoms with van der Waals surface area (Å²) in [6.07, 6.45) is 3.27. The lowest BCUT2D eigenvalue weighted by Crippen LogP contribution is -2.56. The second kappa shape index (κ2) is 3.93. The number of rotatable bonds is 1. The van der Waals surface area contributed by atoms with Crippen LogP contribution in [-0.4, -0.2) is 35.7 Å².